The van der Waals surface area contributed by atoms with Crippen molar-refractivity contribution < 1.29 is 36.7 Å². The van der Waals surface area contributed by atoms with Crippen molar-refractivity contribution in [1.29, 1.82) is 0 Å². The fourth-order valence-electron chi connectivity index (χ4n) is 6.35. The second kappa shape index (κ2) is 12.7. The number of aromatic nitrogens is 1. The number of amides is 4. The first kappa shape index (κ1) is 32.1. The largest absolute Gasteiger partial charge is 0.446 e. The minimum Gasteiger partial charge on any atom is -0.446 e. The van der Waals surface area contributed by atoms with Crippen LogP contribution in [0.4, 0.5) is 14.9 Å². The number of hydrogen-bond donors (Lipinski definition) is 3. The van der Waals surface area contributed by atoms with E-state index in [4.69, 9.17) is 4.74 Å². The van der Waals surface area contributed by atoms with E-state index in [-0.39, 0.29) is 30.9 Å². The molecule has 3 saturated carbocycles. The summed E-state index contributed by atoms with van der Waals surface area (Å²) in [6.07, 6.45) is 7.13. The second-order valence-corrected chi connectivity index (χ2v) is 15.3. The van der Waals surface area contributed by atoms with Crippen LogP contribution in [0.5, 0.6) is 0 Å². The van der Waals surface area contributed by atoms with Crippen molar-refractivity contribution in [2.45, 2.75) is 68.3 Å². The molecule has 0 radical (unpaired) electrons. The summed E-state index contributed by atoms with van der Waals surface area (Å²) in [5.41, 5.74) is -0.796. The Balaban J connectivity index is 1.20. The minimum atomic E-state index is -3.85. The van der Waals surface area contributed by atoms with Gasteiger partial charge in [0.2, 0.25) is 21.8 Å². The van der Waals surface area contributed by atoms with Gasteiger partial charge in [-0.1, -0.05) is 12.2 Å². The molecule has 4 amide bonds. The van der Waals surface area contributed by atoms with Crippen molar-refractivity contribution in [2.75, 3.05) is 18.9 Å². The molecule has 0 spiro atoms. The molecule has 1 aliphatic heterocycles. The van der Waals surface area contributed by atoms with Crippen LogP contribution in [0, 0.1) is 23.6 Å². The molecular weight excluding hydrogens is 638 g/mol. The monoisotopic (exact) mass is 673 g/mol. The first-order valence-electron chi connectivity index (χ1n) is 15.4. The number of nitrogens with zero attached hydrogens (tertiary/aromatic N) is 2. The maximum absolute atomic E-state index is 14.1. The lowest BCUT2D eigenvalue weighted by molar-refractivity contribution is -0.140. The molecule has 0 bridgehead atoms. The number of ether oxygens (including phenoxy) is 1. The summed E-state index contributed by atoms with van der Waals surface area (Å²) in [5.74, 6) is -4.39. The summed E-state index contributed by atoms with van der Waals surface area (Å²) < 4.78 is 47.2. The quantitative estimate of drug-likeness (QED) is 0.392. The third kappa shape index (κ3) is 6.80. The van der Waals surface area contributed by atoms with Crippen molar-refractivity contribution in [2.24, 2.45) is 17.8 Å². The zero-order chi connectivity index (χ0) is 32.6. The van der Waals surface area contributed by atoms with Crippen molar-refractivity contribution >= 4 is 50.9 Å². The van der Waals surface area contributed by atoms with Crippen LogP contribution in [-0.2, 0) is 29.1 Å². The Morgan fingerprint density at radius 1 is 1.17 bits per heavy atom. The van der Waals surface area contributed by atoms with Crippen LogP contribution >= 0.6 is 11.3 Å². The number of anilines is 1. The third-order valence-electron chi connectivity index (χ3n) is 9.15. The molecule has 0 unspecified atom stereocenters. The third-order valence-corrected chi connectivity index (χ3v) is 11.8. The maximum atomic E-state index is 14.1. The van der Waals surface area contributed by atoms with E-state index in [9.17, 15) is 32.0 Å². The number of fused-ring (bicyclic) bond motifs is 2. The highest BCUT2D eigenvalue weighted by atomic mass is 32.2. The number of halogens is 1. The van der Waals surface area contributed by atoms with Gasteiger partial charge in [-0.3, -0.25) is 24.4 Å². The lowest BCUT2D eigenvalue weighted by Crippen LogP contribution is -2.54. The van der Waals surface area contributed by atoms with Gasteiger partial charge in [0.25, 0.3) is 5.91 Å². The van der Waals surface area contributed by atoms with Crippen LogP contribution in [0.15, 0.2) is 41.9 Å². The van der Waals surface area contributed by atoms with Crippen LogP contribution in [-0.4, -0.2) is 72.6 Å². The SMILES string of the molecule is CN1CCCC/C=C\[C@H]2C[C@@]2(C(=O)NS(=O)(=O)C2CC2)NC(=O)[C@@H]2C[C@@H](OC(=O)Nc3cc(F)ccc3-c3nccs3)C[C@H]2C1=O. The first-order chi connectivity index (χ1) is 22.0. The van der Waals surface area contributed by atoms with Gasteiger partial charge >= 0.3 is 6.09 Å². The van der Waals surface area contributed by atoms with E-state index in [0.29, 0.717) is 36.4 Å². The summed E-state index contributed by atoms with van der Waals surface area (Å²) >= 11 is 1.32. The van der Waals surface area contributed by atoms with Crippen molar-refractivity contribution in [3.8, 4) is 10.6 Å². The Kier molecular flexibility index (Phi) is 8.89. The second-order valence-electron chi connectivity index (χ2n) is 12.5. The average Bonchev–Trinajstić information content (AvgIpc) is 3.87. The maximum Gasteiger partial charge on any atom is 0.411 e. The molecule has 12 nitrogen and oxygen atoms in total. The first-order valence-corrected chi connectivity index (χ1v) is 17.9. The molecule has 2 aromatic rings. The zero-order valence-corrected chi connectivity index (χ0v) is 26.9. The number of thiazole rings is 1. The standard InChI is InChI=1S/C31H36FN5O7S2/c1-37-12-5-3-2-4-6-18-17-31(18,29(40)36-46(42,43)21-8-9-21)35-26(38)23-15-20(16-24(23)28(37)39)44-30(41)34-25-14-19(32)7-10-22(25)27-33-11-13-45-27/h4,6-7,10-11,13-14,18,20-21,23-24H,2-3,5,8-9,12,15-17H2,1H3,(H,34,41)(H,35,38)(H,36,40)/b6-4-/t18-,20+,23+,24+,31+/m0/s1. The van der Waals surface area contributed by atoms with Crippen LogP contribution in [0.25, 0.3) is 10.6 Å². The van der Waals surface area contributed by atoms with Gasteiger partial charge in [-0.05, 0) is 69.6 Å². The van der Waals surface area contributed by atoms with E-state index in [2.05, 4.69) is 20.3 Å². The Bertz CT molecular complexity index is 1660. The van der Waals surface area contributed by atoms with Gasteiger partial charge in [-0.25, -0.2) is 22.6 Å². The summed E-state index contributed by atoms with van der Waals surface area (Å²) in [6.45, 7) is 0.484. The van der Waals surface area contributed by atoms with Gasteiger partial charge in [-0.2, -0.15) is 0 Å². The smallest absolute Gasteiger partial charge is 0.411 e. The van der Waals surface area contributed by atoms with Crippen molar-refractivity contribution in [1.82, 2.24) is 19.9 Å². The molecule has 4 aliphatic rings. The number of allylic oxidation sites excluding steroid dienone is 1. The molecule has 3 fully saturated rings. The Labute approximate surface area is 270 Å². The fourth-order valence-corrected chi connectivity index (χ4v) is 8.39. The normalized spacial score (nSPS) is 29.0. The molecule has 1 aromatic heterocycles. The number of rotatable bonds is 6. The van der Waals surface area contributed by atoms with Crippen LogP contribution < -0.4 is 15.4 Å². The van der Waals surface area contributed by atoms with E-state index in [1.54, 1.807) is 23.5 Å². The summed E-state index contributed by atoms with van der Waals surface area (Å²) in [6, 6.07) is 3.92. The van der Waals surface area contributed by atoms with E-state index < -0.39 is 68.4 Å². The predicted octanol–water partition coefficient (Wildman–Crippen LogP) is 3.57. The molecule has 3 aliphatic carbocycles. The van der Waals surface area contributed by atoms with Crippen LogP contribution in [0.1, 0.15) is 51.4 Å². The van der Waals surface area contributed by atoms with Gasteiger partial charge in [0.15, 0.2) is 0 Å². The van der Waals surface area contributed by atoms with Crippen LogP contribution in [0.2, 0.25) is 0 Å². The van der Waals surface area contributed by atoms with E-state index >= 15 is 0 Å². The topological polar surface area (TPSA) is 164 Å². The van der Waals surface area contributed by atoms with Crippen molar-refractivity contribution in [3.05, 3.63) is 47.7 Å². The number of hydrogen-bond acceptors (Lipinski definition) is 9. The summed E-state index contributed by atoms with van der Waals surface area (Å²) in [4.78, 5) is 59.7. The highest BCUT2D eigenvalue weighted by Crippen LogP contribution is 2.47. The molecule has 1 aromatic carbocycles. The lowest BCUT2D eigenvalue weighted by atomic mass is 9.93. The number of sulfonamides is 1. The Morgan fingerprint density at radius 2 is 1.96 bits per heavy atom. The predicted molar refractivity (Wildman–Crippen MR) is 167 cm³/mol. The Hall–Kier alpha value is -3.85. The summed E-state index contributed by atoms with van der Waals surface area (Å²) in [5, 5.41) is 7.10. The van der Waals surface area contributed by atoms with Gasteiger partial charge in [0, 0.05) is 36.7 Å². The van der Waals surface area contributed by atoms with E-state index in [1.165, 1.54) is 23.5 Å². The zero-order valence-electron chi connectivity index (χ0n) is 25.2. The molecule has 3 N–H and O–H groups in total. The molecule has 0 saturated heterocycles. The number of carbonyl (C=O) groups excluding carboxylic acids is 4. The van der Waals surface area contributed by atoms with E-state index in [1.807, 2.05) is 12.2 Å². The molecular formula is C31H36FN5O7S2. The van der Waals surface area contributed by atoms with Gasteiger partial charge in [-0.15, -0.1) is 11.3 Å². The molecule has 246 valence electrons. The molecule has 5 atom stereocenters. The summed E-state index contributed by atoms with van der Waals surface area (Å²) in [7, 11) is -2.19. The minimum absolute atomic E-state index is 0.00453. The molecule has 46 heavy (non-hydrogen) atoms. The molecule has 2 heterocycles. The van der Waals surface area contributed by atoms with Gasteiger partial charge in [0.1, 0.15) is 22.5 Å². The van der Waals surface area contributed by atoms with Crippen LogP contribution in [0.3, 0.4) is 0 Å². The Morgan fingerprint density at radius 3 is 2.70 bits per heavy atom. The van der Waals surface area contributed by atoms with Gasteiger partial charge in [0.05, 0.1) is 22.8 Å². The van der Waals surface area contributed by atoms with E-state index in [0.717, 1.165) is 18.9 Å². The lowest BCUT2D eigenvalue weighted by Gasteiger charge is -2.26. The van der Waals surface area contributed by atoms with Gasteiger partial charge < -0.3 is 15.0 Å². The highest BCUT2D eigenvalue weighted by Gasteiger charge is 2.62. The average molecular weight is 674 g/mol. The number of carbonyl (C=O) groups is 4. The number of nitrogens with one attached hydrogen (secondary N) is 3. The molecule has 6 rings (SSSR count). The van der Waals surface area contributed by atoms with Crippen molar-refractivity contribution in [3.63, 3.8) is 0 Å². The highest BCUT2D eigenvalue weighted by molar-refractivity contribution is 7.91. The fraction of sp³-hybridized carbons (Fsp3) is 0.516. The molecule has 15 heteroatoms. The number of benzene rings is 1.